The van der Waals surface area contributed by atoms with E-state index in [9.17, 15) is 0 Å². The molecule has 0 atom stereocenters. The van der Waals surface area contributed by atoms with Crippen molar-refractivity contribution in [3.8, 4) is 0 Å². The third-order valence-electron chi connectivity index (χ3n) is 4.03. The summed E-state index contributed by atoms with van der Waals surface area (Å²) >= 11 is 0. The first kappa shape index (κ1) is 13.2. The third-order valence-corrected chi connectivity index (χ3v) is 4.03. The summed E-state index contributed by atoms with van der Waals surface area (Å²) < 4.78 is 5.47. The second-order valence-corrected chi connectivity index (χ2v) is 5.64. The highest BCUT2D eigenvalue weighted by atomic mass is 16.3. The van der Waals surface area contributed by atoms with Crippen molar-refractivity contribution < 1.29 is 4.42 Å². The van der Waals surface area contributed by atoms with Gasteiger partial charge in [-0.3, -0.25) is 9.88 Å². The van der Waals surface area contributed by atoms with E-state index in [1.807, 2.05) is 25.3 Å². The number of rotatable bonds is 5. The number of nitrogen functional groups attached to an aromatic ring is 1. The van der Waals surface area contributed by atoms with Crippen molar-refractivity contribution in [3.05, 3.63) is 47.2 Å². The number of hydrogen-bond donors (Lipinski definition) is 1. The van der Waals surface area contributed by atoms with Gasteiger partial charge in [-0.15, -0.1) is 0 Å². The monoisotopic (exact) mass is 271 g/mol. The van der Waals surface area contributed by atoms with Gasteiger partial charge in [0.05, 0.1) is 18.5 Å². The maximum Gasteiger partial charge on any atom is 0.117 e. The van der Waals surface area contributed by atoms with E-state index in [2.05, 4.69) is 16.8 Å². The molecule has 2 aromatic rings. The second-order valence-electron chi connectivity index (χ2n) is 5.64. The van der Waals surface area contributed by atoms with Crippen LogP contribution in [0.15, 0.2) is 29.0 Å². The van der Waals surface area contributed by atoms with Crippen LogP contribution in [-0.2, 0) is 13.1 Å². The molecule has 2 aromatic heterocycles. The molecule has 1 aliphatic rings. The fourth-order valence-corrected chi connectivity index (χ4v) is 2.50. The zero-order valence-corrected chi connectivity index (χ0v) is 12.1. The number of furan rings is 1. The molecule has 1 fully saturated rings. The van der Waals surface area contributed by atoms with Gasteiger partial charge >= 0.3 is 0 Å². The highest BCUT2D eigenvalue weighted by molar-refractivity contribution is 5.53. The van der Waals surface area contributed by atoms with E-state index in [0.29, 0.717) is 6.04 Å². The van der Waals surface area contributed by atoms with E-state index < -0.39 is 0 Å². The number of hydrogen-bond acceptors (Lipinski definition) is 4. The predicted molar refractivity (Wildman–Crippen MR) is 79.1 cm³/mol. The number of nitrogens with zero attached hydrogens (tertiary/aromatic N) is 2. The van der Waals surface area contributed by atoms with Gasteiger partial charge < -0.3 is 10.2 Å². The SMILES string of the molecule is Cc1cnc(CN(Cc2ccco2)C2CC2)c(C)c1N. The second kappa shape index (κ2) is 5.29. The van der Waals surface area contributed by atoms with Crippen LogP contribution in [0.25, 0.3) is 0 Å². The minimum absolute atomic E-state index is 0.656. The van der Waals surface area contributed by atoms with Gasteiger partial charge in [0.2, 0.25) is 0 Å². The smallest absolute Gasteiger partial charge is 0.117 e. The van der Waals surface area contributed by atoms with Gasteiger partial charge in [0.25, 0.3) is 0 Å². The Morgan fingerprint density at radius 1 is 1.35 bits per heavy atom. The maximum atomic E-state index is 6.11. The summed E-state index contributed by atoms with van der Waals surface area (Å²) in [6, 6.07) is 4.62. The van der Waals surface area contributed by atoms with Crippen LogP contribution in [0.5, 0.6) is 0 Å². The summed E-state index contributed by atoms with van der Waals surface area (Å²) in [5.41, 5.74) is 10.2. The first-order valence-electron chi connectivity index (χ1n) is 7.12. The van der Waals surface area contributed by atoms with E-state index in [4.69, 9.17) is 10.2 Å². The molecule has 2 N–H and O–H groups in total. The molecule has 2 heterocycles. The van der Waals surface area contributed by atoms with E-state index in [-0.39, 0.29) is 0 Å². The summed E-state index contributed by atoms with van der Waals surface area (Å²) in [7, 11) is 0. The Balaban J connectivity index is 1.78. The first-order chi connectivity index (χ1) is 9.65. The van der Waals surface area contributed by atoms with Gasteiger partial charge in [0, 0.05) is 24.5 Å². The third kappa shape index (κ3) is 2.70. The number of aromatic nitrogens is 1. The highest BCUT2D eigenvalue weighted by Crippen LogP contribution is 2.30. The van der Waals surface area contributed by atoms with Crippen molar-refractivity contribution in [1.82, 2.24) is 9.88 Å². The predicted octanol–water partition coefficient (Wildman–Crippen LogP) is 3.04. The molecule has 0 radical (unpaired) electrons. The molecule has 0 bridgehead atoms. The van der Waals surface area contributed by atoms with Gasteiger partial charge in [-0.05, 0) is 49.9 Å². The van der Waals surface area contributed by atoms with E-state index in [0.717, 1.165) is 41.4 Å². The zero-order chi connectivity index (χ0) is 14.1. The fraction of sp³-hybridized carbons (Fsp3) is 0.438. The topological polar surface area (TPSA) is 55.3 Å². The zero-order valence-electron chi connectivity index (χ0n) is 12.1. The van der Waals surface area contributed by atoms with Crippen LogP contribution >= 0.6 is 0 Å². The van der Waals surface area contributed by atoms with E-state index in [1.54, 1.807) is 6.26 Å². The number of anilines is 1. The lowest BCUT2D eigenvalue weighted by Crippen LogP contribution is -2.26. The molecule has 1 saturated carbocycles. The van der Waals surface area contributed by atoms with Gasteiger partial charge in [-0.25, -0.2) is 0 Å². The summed E-state index contributed by atoms with van der Waals surface area (Å²) in [6.45, 7) is 5.73. The van der Waals surface area contributed by atoms with Crippen LogP contribution in [0, 0.1) is 13.8 Å². The summed E-state index contributed by atoms with van der Waals surface area (Å²) in [5.74, 6) is 1.01. The average Bonchev–Trinajstić information content (AvgIpc) is 3.16. The lowest BCUT2D eigenvalue weighted by molar-refractivity contribution is 0.222. The lowest BCUT2D eigenvalue weighted by atomic mass is 10.1. The Morgan fingerprint density at radius 2 is 2.15 bits per heavy atom. The van der Waals surface area contributed by atoms with Crippen molar-refractivity contribution >= 4 is 5.69 Å². The van der Waals surface area contributed by atoms with Gasteiger partial charge in [0.1, 0.15) is 5.76 Å². The molecule has 0 aliphatic heterocycles. The van der Waals surface area contributed by atoms with Gasteiger partial charge in [-0.1, -0.05) is 0 Å². The Morgan fingerprint density at radius 3 is 2.80 bits per heavy atom. The molecule has 1 aliphatic carbocycles. The quantitative estimate of drug-likeness (QED) is 0.908. The molecule has 4 nitrogen and oxygen atoms in total. The van der Waals surface area contributed by atoms with Gasteiger partial charge in [0.15, 0.2) is 0 Å². The number of nitrogens with two attached hydrogens (primary N) is 1. The molecule has 0 amide bonds. The first-order valence-corrected chi connectivity index (χ1v) is 7.12. The van der Waals surface area contributed by atoms with E-state index >= 15 is 0 Å². The van der Waals surface area contributed by atoms with Crippen LogP contribution in [0.4, 0.5) is 5.69 Å². The minimum atomic E-state index is 0.656. The normalized spacial score (nSPS) is 14.9. The molecular formula is C16H21N3O. The van der Waals surface area contributed by atoms with Crippen molar-refractivity contribution in [3.63, 3.8) is 0 Å². The largest absolute Gasteiger partial charge is 0.468 e. The molecule has 106 valence electrons. The summed E-state index contributed by atoms with van der Waals surface area (Å²) in [4.78, 5) is 7.00. The lowest BCUT2D eigenvalue weighted by Gasteiger charge is -2.22. The molecule has 3 rings (SSSR count). The molecular weight excluding hydrogens is 250 g/mol. The molecule has 4 heteroatoms. The average molecular weight is 271 g/mol. The molecule has 20 heavy (non-hydrogen) atoms. The van der Waals surface area contributed by atoms with Crippen molar-refractivity contribution in [2.45, 2.75) is 45.8 Å². The van der Waals surface area contributed by atoms with Crippen molar-refractivity contribution in [1.29, 1.82) is 0 Å². The van der Waals surface area contributed by atoms with Crippen LogP contribution in [0.2, 0.25) is 0 Å². The van der Waals surface area contributed by atoms with Crippen LogP contribution in [0.3, 0.4) is 0 Å². The van der Waals surface area contributed by atoms with Crippen molar-refractivity contribution in [2.75, 3.05) is 5.73 Å². The minimum Gasteiger partial charge on any atom is -0.468 e. The molecule has 0 aromatic carbocycles. The Bertz CT molecular complexity index is 588. The molecule has 0 spiro atoms. The maximum absolute atomic E-state index is 6.11. The van der Waals surface area contributed by atoms with E-state index in [1.165, 1.54) is 12.8 Å². The standard InChI is InChI=1S/C16H21N3O/c1-11-8-18-15(12(2)16(11)17)10-19(13-5-6-13)9-14-4-3-7-20-14/h3-4,7-8,13H,5-6,9-10H2,1-2H3,(H2,17,18). The summed E-state index contributed by atoms with van der Waals surface area (Å²) in [6.07, 6.45) is 6.13. The van der Waals surface area contributed by atoms with Crippen molar-refractivity contribution in [2.24, 2.45) is 0 Å². The van der Waals surface area contributed by atoms with Crippen LogP contribution in [-0.4, -0.2) is 15.9 Å². The summed E-state index contributed by atoms with van der Waals surface area (Å²) in [5, 5.41) is 0. The number of pyridine rings is 1. The Labute approximate surface area is 119 Å². The van der Waals surface area contributed by atoms with Gasteiger partial charge in [-0.2, -0.15) is 0 Å². The number of aryl methyl sites for hydroxylation is 1. The van der Waals surface area contributed by atoms with Crippen LogP contribution < -0.4 is 5.73 Å². The Kier molecular flexibility index (Phi) is 3.49. The molecule has 0 saturated heterocycles. The highest BCUT2D eigenvalue weighted by Gasteiger charge is 2.30. The molecule has 0 unspecified atom stereocenters. The fourth-order valence-electron chi connectivity index (χ4n) is 2.50. The van der Waals surface area contributed by atoms with Crippen LogP contribution in [0.1, 0.15) is 35.4 Å². The Hall–Kier alpha value is -1.81.